The number of hydrogen-bond acceptors (Lipinski definition) is 8. The van der Waals surface area contributed by atoms with Gasteiger partial charge in [0.1, 0.15) is 21.8 Å². The van der Waals surface area contributed by atoms with Crippen LogP contribution in [-0.4, -0.2) is 47.3 Å². The summed E-state index contributed by atoms with van der Waals surface area (Å²) in [6.45, 7) is 8.46. The maximum atomic E-state index is 12.9. The fraction of sp³-hybridized carbons (Fsp3) is 0.417. The van der Waals surface area contributed by atoms with Crippen molar-refractivity contribution in [3.8, 4) is 12.1 Å². The van der Waals surface area contributed by atoms with Gasteiger partial charge in [-0.1, -0.05) is 12.1 Å². The monoisotopic (exact) mass is 480 g/mol. The number of carbonyl (C=O) groups excluding carboxylic acids is 1. The Labute approximate surface area is 202 Å². The van der Waals surface area contributed by atoms with Gasteiger partial charge in [0, 0.05) is 30.5 Å². The smallest absolute Gasteiger partial charge is 0.270 e. The van der Waals surface area contributed by atoms with Crippen molar-refractivity contribution in [3.63, 3.8) is 0 Å². The summed E-state index contributed by atoms with van der Waals surface area (Å²) in [6.07, 6.45) is 2.47. The fourth-order valence-electron chi connectivity index (χ4n) is 3.66. The molecule has 0 saturated carbocycles. The summed E-state index contributed by atoms with van der Waals surface area (Å²) in [5.74, 6) is -0.675. The Kier molecular flexibility index (Phi) is 8.24. The standard InChI is InChI=1S/C24H28N6O3S/c1-4-30-22(32)20(34-23(30)19(13-26)21(31)27-10-9-25)14-28-18-7-5-6-17(12-18)8-11-29-16-33-15-24(29,2)3/h5-7,12,14,28H,4,8,10-11,15-16H2,1-3H3,(H,27,31)/b20-14+,23-19-. The van der Waals surface area contributed by atoms with Crippen LogP contribution in [0.15, 0.2) is 29.1 Å². The molecule has 1 aliphatic rings. The molecule has 0 spiro atoms. The van der Waals surface area contributed by atoms with Gasteiger partial charge >= 0.3 is 0 Å². The Hall–Kier alpha value is -3.44. The number of nitrogens with one attached hydrogen (secondary N) is 2. The van der Waals surface area contributed by atoms with Crippen molar-refractivity contribution in [2.75, 3.05) is 31.7 Å². The number of benzene rings is 1. The number of hydrogen-bond donors (Lipinski definition) is 2. The molecule has 178 valence electrons. The second kappa shape index (κ2) is 11.1. The van der Waals surface area contributed by atoms with Gasteiger partial charge in [-0.05, 0) is 44.9 Å². The number of nitrogens with zero attached hydrogens (tertiary/aromatic N) is 4. The summed E-state index contributed by atoms with van der Waals surface area (Å²) >= 11 is 1.06. The normalized spacial score (nSPS) is 16.6. The lowest BCUT2D eigenvalue weighted by Crippen LogP contribution is -2.41. The molecular weight excluding hydrogens is 452 g/mol. The van der Waals surface area contributed by atoms with E-state index in [-0.39, 0.29) is 27.9 Å². The van der Waals surface area contributed by atoms with E-state index in [2.05, 4.69) is 35.4 Å². The molecule has 0 unspecified atom stereocenters. The highest BCUT2D eigenvalue weighted by Gasteiger charge is 2.32. The first-order chi connectivity index (χ1) is 16.3. The van der Waals surface area contributed by atoms with Crippen molar-refractivity contribution in [1.29, 1.82) is 10.5 Å². The van der Waals surface area contributed by atoms with Crippen LogP contribution in [0.25, 0.3) is 11.8 Å². The third kappa shape index (κ3) is 5.72. The molecule has 0 aliphatic carbocycles. The molecule has 0 radical (unpaired) electrons. The molecule has 1 amide bonds. The minimum Gasteiger partial charge on any atom is -0.364 e. The number of aromatic nitrogens is 1. The van der Waals surface area contributed by atoms with Crippen molar-refractivity contribution in [2.45, 2.75) is 39.3 Å². The number of nitriles is 2. The zero-order chi connectivity index (χ0) is 24.7. The molecule has 1 aromatic carbocycles. The van der Waals surface area contributed by atoms with Gasteiger partial charge in [-0.25, -0.2) is 0 Å². The SMILES string of the molecule is CCn1c(=O)/c(=C\Nc2cccc(CCN3COCC3(C)C)c2)s/c1=C(/C#N)C(=O)NCC#N. The summed E-state index contributed by atoms with van der Waals surface area (Å²) < 4.78 is 7.61. The van der Waals surface area contributed by atoms with Crippen molar-refractivity contribution in [2.24, 2.45) is 0 Å². The molecule has 10 heteroatoms. The predicted octanol–water partition coefficient (Wildman–Crippen LogP) is 0.705. The lowest BCUT2D eigenvalue weighted by Gasteiger charge is -2.28. The Morgan fingerprint density at radius 3 is 2.79 bits per heavy atom. The molecule has 2 heterocycles. The van der Waals surface area contributed by atoms with Gasteiger partial charge in [-0.3, -0.25) is 19.1 Å². The van der Waals surface area contributed by atoms with Gasteiger partial charge < -0.3 is 15.4 Å². The molecule has 2 N–H and O–H groups in total. The minimum atomic E-state index is -0.675. The number of anilines is 1. The molecule has 1 saturated heterocycles. The summed E-state index contributed by atoms with van der Waals surface area (Å²) in [6, 6.07) is 11.6. The van der Waals surface area contributed by atoms with Crippen LogP contribution in [-0.2, 0) is 22.5 Å². The lowest BCUT2D eigenvalue weighted by atomic mass is 10.0. The molecule has 34 heavy (non-hydrogen) atoms. The predicted molar refractivity (Wildman–Crippen MR) is 131 cm³/mol. The van der Waals surface area contributed by atoms with Crippen LogP contribution < -0.4 is 25.4 Å². The molecular formula is C24H28N6O3S. The topological polar surface area (TPSA) is 123 Å². The first-order valence-electron chi connectivity index (χ1n) is 11.0. The summed E-state index contributed by atoms with van der Waals surface area (Å²) in [5.41, 5.74) is 1.55. The highest BCUT2D eigenvalue weighted by Crippen LogP contribution is 2.22. The van der Waals surface area contributed by atoms with E-state index in [0.717, 1.165) is 42.2 Å². The maximum Gasteiger partial charge on any atom is 0.270 e. The van der Waals surface area contributed by atoms with Crippen molar-refractivity contribution < 1.29 is 9.53 Å². The van der Waals surface area contributed by atoms with Crippen LogP contribution >= 0.6 is 11.3 Å². The summed E-state index contributed by atoms with van der Waals surface area (Å²) in [7, 11) is 0. The minimum absolute atomic E-state index is 0.0322. The Morgan fingerprint density at radius 2 is 2.15 bits per heavy atom. The van der Waals surface area contributed by atoms with E-state index in [4.69, 9.17) is 10.00 Å². The van der Waals surface area contributed by atoms with Crippen LogP contribution in [0.1, 0.15) is 26.3 Å². The summed E-state index contributed by atoms with van der Waals surface area (Å²) in [5, 5.41) is 23.7. The summed E-state index contributed by atoms with van der Waals surface area (Å²) in [4.78, 5) is 27.4. The lowest BCUT2D eigenvalue weighted by molar-refractivity contribution is -0.115. The first kappa shape index (κ1) is 25.2. The molecule has 1 aliphatic heterocycles. The van der Waals surface area contributed by atoms with E-state index in [1.807, 2.05) is 24.3 Å². The zero-order valence-electron chi connectivity index (χ0n) is 19.6. The molecule has 2 aromatic rings. The van der Waals surface area contributed by atoms with Gasteiger partial charge in [0.05, 0.1) is 19.4 Å². The second-order valence-electron chi connectivity index (χ2n) is 8.44. The van der Waals surface area contributed by atoms with E-state index in [0.29, 0.717) is 17.8 Å². The van der Waals surface area contributed by atoms with Crippen LogP contribution in [0, 0.1) is 22.7 Å². The molecule has 1 aromatic heterocycles. The van der Waals surface area contributed by atoms with Crippen LogP contribution in [0.4, 0.5) is 5.69 Å². The van der Waals surface area contributed by atoms with Crippen molar-refractivity contribution in [1.82, 2.24) is 14.8 Å². The second-order valence-corrected chi connectivity index (χ2v) is 9.47. The van der Waals surface area contributed by atoms with Gasteiger partial charge in [-0.15, -0.1) is 11.3 Å². The highest BCUT2D eigenvalue weighted by atomic mass is 32.1. The third-order valence-corrected chi connectivity index (χ3v) is 6.76. The number of amides is 1. The van der Waals surface area contributed by atoms with Crippen LogP contribution in [0.5, 0.6) is 0 Å². The van der Waals surface area contributed by atoms with E-state index in [1.165, 1.54) is 4.57 Å². The number of carbonyl (C=O) groups is 1. The average Bonchev–Trinajstić information content (AvgIpc) is 3.33. The Balaban J connectivity index is 1.84. The van der Waals surface area contributed by atoms with E-state index in [9.17, 15) is 14.9 Å². The maximum absolute atomic E-state index is 12.9. The molecule has 3 rings (SSSR count). The van der Waals surface area contributed by atoms with E-state index >= 15 is 0 Å². The van der Waals surface area contributed by atoms with E-state index in [1.54, 1.807) is 19.2 Å². The van der Waals surface area contributed by atoms with Gasteiger partial charge in [-0.2, -0.15) is 10.5 Å². The van der Waals surface area contributed by atoms with Crippen LogP contribution in [0.3, 0.4) is 0 Å². The van der Waals surface area contributed by atoms with Crippen molar-refractivity contribution >= 4 is 34.7 Å². The Bertz CT molecular complexity index is 1310. The molecule has 0 atom stereocenters. The van der Waals surface area contributed by atoms with Gasteiger partial charge in [0.2, 0.25) is 0 Å². The highest BCUT2D eigenvalue weighted by molar-refractivity contribution is 7.07. The van der Waals surface area contributed by atoms with Gasteiger partial charge in [0.15, 0.2) is 5.57 Å². The third-order valence-electron chi connectivity index (χ3n) is 5.63. The number of ether oxygens (including phenoxy) is 1. The van der Waals surface area contributed by atoms with Crippen molar-refractivity contribution in [3.05, 3.63) is 49.4 Å². The van der Waals surface area contributed by atoms with E-state index < -0.39 is 5.91 Å². The first-order valence-corrected chi connectivity index (χ1v) is 11.8. The molecule has 1 fully saturated rings. The molecule has 9 nitrogen and oxygen atoms in total. The molecule has 0 bridgehead atoms. The van der Waals surface area contributed by atoms with Crippen LogP contribution in [0.2, 0.25) is 0 Å². The largest absolute Gasteiger partial charge is 0.364 e. The van der Waals surface area contributed by atoms with Gasteiger partial charge in [0.25, 0.3) is 11.5 Å². The Morgan fingerprint density at radius 1 is 1.35 bits per heavy atom. The average molecular weight is 481 g/mol. The fourth-order valence-corrected chi connectivity index (χ4v) is 4.75. The number of thiazole rings is 1. The quantitative estimate of drug-likeness (QED) is 0.533. The zero-order valence-corrected chi connectivity index (χ0v) is 20.4. The number of rotatable bonds is 8.